The SMILES string of the molecule is CCCCCCNc1nc(Cl)nc(N2CCCC2)n1. The van der Waals surface area contributed by atoms with Gasteiger partial charge in [0.1, 0.15) is 0 Å². The number of halogens is 1. The van der Waals surface area contributed by atoms with Crippen molar-refractivity contribution in [2.75, 3.05) is 29.9 Å². The van der Waals surface area contributed by atoms with Crippen molar-refractivity contribution in [3.05, 3.63) is 5.28 Å². The lowest BCUT2D eigenvalue weighted by atomic mass is 10.2. The molecule has 2 heterocycles. The van der Waals surface area contributed by atoms with Crippen LogP contribution in [0.2, 0.25) is 5.28 Å². The van der Waals surface area contributed by atoms with Crippen molar-refractivity contribution < 1.29 is 0 Å². The Labute approximate surface area is 119 Å². The summed E-state index contributed by atoms with van der Waals surface area (Å²) in [7, 11) is 0. The molecule has 1 aromatic heterocycles. The second kappa shape index (κ2) is 7.48. The minimum Gasteiger partial charge on any atom is -0.354 e. The monoisotopic (exact) mass is 283 g/mol. The summed E-state index contributed by atoms with van der Waals surface area (Å²) in [5.41, 5.74) is 0. The van der Waals surface area contributed by atoms with E-state index in [0.717, 1.165) is 26.1 Å². The van der Waals surface area contributed by atoms with E-state index in [1.165, 1.54) is 32.1 Å². The fraction of sp³-hybridized carbons (Fsp3) is 0.769. The Bertz CT molecular complexity index is 393. The predicted molar refractivity (Wildman–Crippen MR) is 78.9 cm³/mol. The molecule has 1 aromatic rings. The van der Waals surface area contributed by atoms with Crippen molar-refractivity contribution in [3.8, 4) is 0 Å². The largest absolute Gasteiger partial charge is 0.354 e. The van der Waals surface area contributed by atoms with Crippen LogP contribution in [0.25, 0.3) is 0 Å². The van der Waals surface area contributed by atoms with Gasteiger partial charge in [0, 0.05) is 19.6 Å². The number of unbranched alkanes of at least 4 members (excludes halogenated alkanes) is 3. The molecular weight excluding hydrogens is 262 g/mol. The number of nitrogens with zero attached hydrogens (tertiary/aromatic N) is 4. The number of rotatable bonds is 7. The third-order valence-corrected chi connectivity index (χ3v) is 3.47. The van der Waals surface area contributed by atoms with Gasteiger partial charge in [-0.2, -0.15) is 15.0 Å². The molecule has 0 unspecified atom stereocenters. The van der Waals surface area contributed by atoms with Gasteiger partial charge in [0.2, 0.25) is 17.2 Å². The first-order valence-electron chi connectivity index (χ1n) is 7.20. The zero-order valence-corrected chi connectivity index (χ0v) is 12.3. The van der Waals surface area contributed by atoms with E-state index in [1.54, 1.807) is 0 Å². The minimum absolute atomic E-state index is 0.271. The van der Waals surface area contributed by atoms with Crippen LogP contribution in [-0.4, -0.2) is 34.6 Å². The third-order valence-electron chi connectivity index (χ3n) is 3.30. The number of hydrogen-bond donors (Lipinski definition) is 1. The van der Waals surface area contributed by atoms with E-state index in [9.17, 15) is 0 Å². The predicted octanol–water partition coefficient (Wildman–Crippen LogP) is 3.12. The molecule has 0 aliphatic carbocycles. The van der Waals surface area contributed by atoms with Crippen LogP contribution in [0.5, 0.6) is 0 Å². The molecule has 1 fully saturated rings. The first-order valence-corrected chi connectivity index (χ1v) is 7.58. The molecule has 1 aliphatic rings. The zero-order chi connectivity index (χ0) is 13.5. The summed E-state index contributed by atoms with van der Waals surface area (Å²) in [5, 5.41) is 3.51. The van der Waals surface area contributed by atoms with E-state index in [4.69, 9.17) is 11.6 Å². The van der Waals surface area contributed by atoms with Crippen LogP contribution in [-0.2, 0) is 0 Å². The maximum Gasteiger partial charge on any atom is 0.231 e. The molecule has 106 valence electrons. The highest BCUT2D eigenvalue weighted by molar-refractivity contribution is 6.28. The van der Waals surface area contributed by atoms with Crippen molar-refractivity contribution in [1.82, 2.24) is 15.0 Å². The molecule has 0 atom stereocenters. The summed E-state index contributed by atoms with van der Waals surface area (Å²) >= 11 is 5.96. The first kappa shape index (κ1) is 14.3. The molecule has 0 bridgehead atoms. The second-order valence-corrected chi connectivity index (χ2v) is 5.25. The highest BCUT2D eigenvalue weighted by Gasteiger charge is 2.16. The highest BCUT2D eigenvalue weighted by atomic mass is 35.5. The molecule has 0 aromatic carbocycles. The van der Waals surface area contributed by atoms with Gasteiger partial charge in [-0.3, -0.25) is 0 Å². The van der Waals surface area contributed by atoms with Gasteiger partial charge in [-0.15, -0.1) is 0 Å². The molecule has 0 saturated carbocycles. The lowest BCUT2D eigenvalue weighted by Gasteiger charge is -2.15. The number of hydrogen-bond acceptors (Lipinski definition) is 5. The molecule has 0 spiro atoms. The molecule has 5 nitrogen and oxygen atoms in total. The lowest BCUT2D eigenvalue weighted by Crippen LogP contribution is -2.21. The fourth-order valence-corrected chi connectivity index (χ4v) is 2.38. The van der Waals surface area contributed by atoms with Gasteiger partial charge in [-0.25, -0.2) is 0 Å². The highest BCUT2D eigenvalue weighted by Crippen LogP contribution is 2.18. The Hall–Kier alpha value is -1.10. The van der Waals surface area contributed by atoms with Crippen molar-refractivity contribution in [1.29, 1.82) is 0 Å². The molecule has 0 radical (unpaired) electrons. The average molecular weight is 284 g/mol. The van der Waals surface area contributed by atoms with E-state index in [2.05, 4.69) is 32.1 Å². The van der Waals surface area contributed by atoms with Crippen LogP contribution in [0, 0.1) is 0 Å². The van der Waals surface area contributed by atoms with E-state index >= 15 is 0 Å². The van der Waals surface area contributed by atoms with Crippen LogP contribution in [0.15, 0.2) is 0 Å². The molecule has 1 N–H and O–H groups in total. The summed E-state index contributed by atoms with van der Waals surface area (Å²) in [5.74, 6) is 1.30. The molecule has 2 rings (SSSR count). The van der Waals surface area contributed by atoms with Crippen LogP contribution >= 0.6 is 11.6 Å². The maximum absolute atomic E-state index is 5.96. The molecule has 1 aliphatic heterocycles. The Morgan fingerprint density at radius 1 is 1.11 bits per heavy atom. The van der Waals surface area contributed by atoms with Crippen LogP contribution in [0.4, 0.5) is 11.9 Å². The average Bonchev–Trinajstić information content (AvgIpc) is 2.92. The number of anilines is 2. The number of aromatic nitrogens is 3. The Morgan fingerprint density at radius 3 is 2.63 bits per heavy atom. The summed E-state index contributed by atoms with van der Waals surface area (Å²) in [6.07, 6.45) is 7.29. The third kappa shape index (κ3) is 4.49. The normalized spacial score (nSPS) is 14.9. The van der Waals surface area contributed by atoms with E-state index < -0.39 is 0 Å². The molecule has 1 saturated heterocycles. The quantitative estimate of drug-likeness (QED) is 0.779. The molecular formula is C13H22ClN5. The van der Waals surface area contributed by atoms with E-state index in [0.29, 0.717) is 11.9 Å². The van der Waals surface area contributed by atoms with Gasteiger partial charge < -0.3 is 10.2 Å². The second-order valence-electron chi connectivity index (χ2n) is 4.91. The zero-order valence-electron chi connectivity index (χ0n) is 11.5. The minimum atomic E-state index is 0.271. The summed E-state index contributed by atoms with van der Waals surface area (Å²) in [6.45, 7) is 5.12. The fourth-order valence-electron chi connectivity index (χ4n) is 2.23. The smallest absolute Gasteiger partial charge is 0.231 e. The summed E-state index contributed by atoms with van der Waals surface area (Å²) in [6, 6.07) is 0. The number of nitrogens with one attached hydrogen (secondary N) is 1. The summed E-state index contributed by atoms with van der Waals surface area (Å²) < 4.78 is 0. The molecule has 6 heteroatoms. The maximum atomic E-state index is 5.96. The van der Waals surface area contributed by atoms with Gasteiger partial charge in [-0.05, 0) is 30.9 Å². The van der Waals surface area contributed by atoms with Crippen LogP contribution in [0.1, 0.15) is 45.4 Å². The Morgan fingerprint density at radius 2 is 1.89 bits per heavy atom. The lowest BCUT2D eigenvalue weighted by molar-refractivity contribution is 0.683. The van der Waals surface area contributed by atoms with Crippen molar-refractivity contribution in [2.45, 2.75) is 45.4 Å². The van der Waals surface area contributed by atoms with Crippen LogP contribution in [0.3, 0.4) is 0 Å². The molecule has 19 heavy (non-hydrogen) atoms. The van der Waals surface area contributed by atoms with Crippen molar-refractivity contribution in [2.24, 2.45) is 0 Å². The standard InChI is InChI=1S/C13H22ClN5/c1-2-3-4-5-8-15-12-16-11(14)17-13(18-12)19-9-6-7-10-19/h2-10H2,1H3,(H,15,16,17,18). The Kier molecular flexibility index (Phi) is 5.63. The van der Waals surface area contributed by atoms with Gasteiger partial charge in [0.05, 0.1) is 0 Å². The van der Waals surface area contributed by atoms with Gasteiger partial charge in [0.25, 0.3) is 0 Å². The van der Waals surface area contributed by atoms with Gasteiger partial charge in [0.15, 0.2) is 0 Å². The first-order chi connectivity index (χ1) is 9.29. The summed E-state index contributed by atoms with van der Waals surface area (Å²) in [4.78, 5) is 14.9. The van der Waals surface area contributed by atoms with Gasteiger partial charge >= 0.3 is 0 Å². The van der Waals surface area contributed by atoms with Crippen LogP contribution < -0.4 is 10.2 Å². The van der Waals surface area contributed by atoms with E-state index in [-0.39, 0.29) is 5.28 Å². The van der Waals surface area contributed by atoms with Crippen molar-refractivity contribution in [3.63, 3.8) is 0 Å². The topological polar surface area (TPSA) is 53.9 Å². The Balaban J connectivity index is 1.89. The van der Waals surface area contributed by atoms with E-state index in [1.807, 2.05) is 0 Å². The molecule has 0 amide bonds. The van der Waals surface area contributed by atoms with Gasteiger partial charge in [-0.1, -0.05) is 26.2 Å². The van der Waals surface area contributed by atoms with Crippen molar-refractivity contribution >= 4 is 23.5 Å².